The number of benzene rings is 1. The summed E-state index contributed by atoms with van der Waals surface area (Å²) in [6.45, 7) is 1.10. The summed E-state index contributed by atoms with van der Waals surface area (Å²) in [6.07, 6.45) is 2.73. The molecule has 0 radical (unpaired) electrons. The number of nitrogens with two attached hydrogens (primary N) is 1. The molecule has 29 heavy (non-hydrogen) atoms. The molecule has 1 aromatic heterocycles. The van der Waals surface area contributed by atoms with Crippen LogP contribution in [0.2, 0.25) is 0 Å². The Balaban J connectivity index is 1.52. The smallest absolute Gasteiger partial charge is 0.234 e. The molecule has 2 aromatic rings. The van der Waals surface area contributed by atoms with Gasteiger partial charge in [0, 0.05) is 30.6 Å². The van der Waals surface area contributed by atoms with Crippen LogP contribution in [0.3, 0.4) is 0 Å². The van der Waals surface area contributed by atoms with E-state index in [0.717, 1.165) is 18.4 Å². The van der Waals surface area contributed by atoms with Gasteiger partial charge in [0.15, 0.2) is 17.3 Å². The molecule has 8 heteroatoms. The van der Waals surface area contributed by atoms with Crippen molar-refractivity contribution in [1.29, 1.82) is 0 Å². The molecule has 154 valence electrons. The summed E-state index contributed by atoms with van der Waals surface area (Å²) < 4.78 is 16.2. The Labute approximate surface area is 168 Å². The number of rotatable bonds is 6. The standard InChI is InChI=1S/C21H25N3O5/c1-27-15-4-3-14(11-17(15)28-2)16-12-18(23-29-16)21(7-8-21)20(26)24-9-5-13(6-10-24)19(22)25/h3-4,11-13H,5-10H2,1-2H3,(H2,22,25). The molecule has 1 aliphatic carbocycles. The number of piperidine rings is 1. The van der Waals surface area contributed by atoms with Gasteiger partial charge in [0.25, 0.3) is 0 Å². The molecule has 1 saturated carbocycles. The number of likely N-dealkylation sites (tertiary alicyclic amines) is 1. The molecule has 2 N–H and O–H groups in total. The van der Waals surface area contributed by atoms with E-state index in [0.29, 0.717) is 48.9 Å². The molecular weight excluding hydrogens is 374 g/mol. The van der Waals surface area contributed by atoms with Crippen molar-refractivity contribution in [2.24, 2.45) is 11.7 Å². The monoisotopic (exact) mass is 399 g/mol. The fourth-order valence-electron chi connectivity index (χ4n) is 4.00. The Bertz CT molecular complexity index is 926. The number of aromatic nitrogens is 1. The number of hydrogen-bond acceptors (Lipinski definition) is 6. The number of nitrogens with zero attached hydrogens (tertiary/aromatic N) is 2. The zero-order valence-corrected chi connectivity index (χ0v) is 16.6. The van der Waals surface area contributed by atoms with Crippen molar-refractivity contribution in [2.45, 2.75) is 31.1 Å². The summed E-state index contributed by atoms with van der Waals surface area (Å²) in [6, 6.07) is 7.32. The topological polar surface area (TPSA) is 108 Å². The normalized spacial score (nSPS) is 18.3. The first kappa shape index (κ1) is 19.3. The predicted octanol–water partition coefficient (Wildman–Crippen LogP) is 2.11. The second kappa shape index (κ2) is 7.42. The van der Waals surface area contributed by atoms with Crippen molar-refractivity contribution in [3.05, 3.63) is 30.0 Å². The Morgan fingerprint density at radius 2 is 1.83 bits per heavy atom. The third-order valence-electron chi connectivity index (χ3n) is 6.01. The summed E-state index contributed by atoms with van der Waals surface area (Å²) in [5.41, 5.74) is 6.23. The lowest BCUT2D eigenvalue weighted by atomic mass is 9.93. The number of primary amides is 1. The second-order valence-corrected chi connectivity index (χ2v) is 7.70. The summed E-state index contributed by atoms with van der Waals surface area (Å²) in [5.74, 6) is 1.44. The predicted molar refractivity (Wildman–Crippen MR) is 104 cm³/mol. The molecule has 0 spiro atoms. The largest absolute Gasteiger partial charge is 0.493 e. The van der Waals surface area contributed by atoms with Gasteiger partial charge in [-0.05, 0) is 43.9 Å². The average Bonchev–Trinajstić information content (AvgIpc) is 3.41. The van der Waals surface area contributed by atoms with Crippen LogP contribution < -0.4 is 15.2 Å². The number of carbonyl (C=O) groups excluding carboxylic acids is 2. The highest BCUT2D eigenvalue weighted by molar-refractivity contribution is 5.91. The van der Waals surface area contributed by atoms with E-state index in [1.807, 2.05) is 23.1 Å². The minimum Gasteiger partial charge on any atom is -0.493 e. The average molecular weight is 399 g/mol. The van der Waals surface area contributed by atoms with Gasteiger partial charge in [-0.25, -0.2) is 0 Å². The molecule has 4 rings (SSSR count). The van der Waals surface area contributed by atoms with E-state index in [1.165, 1.54) is 0 Å². The minimum atomic E-state index is -0.613. The molecule has 8 nitrogen and oxygen atoms in total. The molecule has 2 aliphatic rings. The number of ether oxygens (including phenoxy) is 2. The lowest BCUT2D eigenvalue weighted by Gasteiger charge is -2.32. The van der Waals surface area contributed by atoms with Gasteiger partial charge in [0.1, 0.15) is 0 Å². The molecule has 2 fully saturated rings. The Kier molecular flexibility index (Phi) is 4.94. The lowest BCUT2D eigenvalue weighted by molar-refractivity contribution is -0.137. The van der Waals surface area contributed by atoms with Crippen molar-refractivity contribution in [2.75, 3.05) is 27.3 Å². The number of hydrogen-bond donors (Lipinski definition) is 1. The van der Waals surface area contributed by atoms with E-state index in [2.05, 4.69) is 5.16 Å². The van der Waals surface area contributed by atoms with Gasteiger partial charge < -0.3 is 24.6 Å². The van der Waals surface area contributed by atoms with Crippen LogP contribution in [0.25, 0.3) is 11.3 Å². The van der Waals surface area contributed by atoms with Gasteiger partial charge in [0.05, 0.1) is 25.3 Å². The zero-order chi connectivity index (χ0) is 20.6. The highest BCUT2D eigenvalue weighted by atomic mass is 16.5. The Morgan fingerprint density at radius 3 is 2.41 bits per heavy atom. The van der Waals surface area contributed by atoms with Crippen LogP contribution in [0.4, 0.5) is 0 Å². The van der Waals surface area contributed by atoms with Crippen LogP contribution >= 0.6 is 0 Å². The van der Waals surface area contributed by atoms with E-state index in [-0.39, 0.29) is 17.7 Å². The molecule has 0 bridgehead atoms. The molecule has 1 saturated heterocycles. The molecule has 0 atom stereocenters. The molecular formula is C21H25N3O5. The van der Waals surface area contributed by atoms with Crippen LogP contribution in [-0.2, 0) is 15.0 Å². The van der Waals surface area contributed by atoms with Gasteiger partial charge in [0.2, 0.25) is 11.8 Å². The highest BCUT2D eigenvalue weighted by Crippen LogP contribution is 2.50. The van der Waals surface area contributed by atoms with Crippen LogP contribution in [-0.4, -0.2) is 49.2 Å². The quantitative estimate of drug-likeness (QED) is 0.797. The Hall–Kier alpha value is -3.03. The maximum atomic E-state index is 13.2. The number of methoxy groups -OCH3 is 2. The highest BCUT2D eigenvalue weighted by Gasteiger charge is 2.55. The lowest BCUT2D eigenvalue weighted by Crippen LogP contribution is -2.46. The maximum absolute atomic E-state index is 13.2. The summed E-state index contributed by atoms with van der Waals surface area (Å²) >= 11 is 0. The zero-order valence-electron chi connectivity index (χ0n) is 16.6. The van der Waals surface area contributed by atoms with Crippen LogP contribution in [0, 0.1) is 5.92 Å². The SMILES string of the molecule is COc1ccc(-c2cc(C3(C(=O)N4CCC(C(N)=O)CC4)CC3)no2)cc1OC. The van der Waals surface area contributed by atoms with Gasteiger partial charge in [-0.15, -0.1) is 0 Å². The van der Waals surface area contributed by atoms with Gasteiger partial charge in [-0.3, -0.25) is 9.59 Å². The van der Waals surface area contributed by atoms with Crippen molar-refractivity contribution < 1.29 is 23.6 Å². The molecule has 2 amide bonds. The van der Waals surface area contributed by atoms with Crippen molar-refractivity contribution in [3.63, 3.8) is 0 Å². The fourth-order valence-corrected chi connectivity index (χ4v) is 4.00. The summed E-state index contributed by atoms with van der Waals surface area (Å²) in [5, 5.41) is 4.22. The fraction of sp³-hybridized carbons (Fsp3) is 0.476. The number of amides is 2. The Morgan fingerprint density at radius 1 is 1.14 bits per heavy atom. The first-order valence-corrected chi connectivity index (χ1v) is 9.77. The van der Waals surface area contributed by atoms with Crippen LogP contribution in [0.1, 0.15) is 31.4 Å². The number of carbonyl (C=O) groups is 2. The minimum absolute atomic E-state index is 0.0626. The van der Waals surface area contributed by atoms with E-state index < -0.39 is 5.41 Å². The molecule has 1 aliphatic heterocycles. The molecule has 1 aromatic carbocycles. The van der Waals surface area contributed by atoms with Crippen molar-refractivity contribution in [3.8, 4) is 22.8 Å². The van der Waals surface area contributed by atoms with Crippen LogP contribution in [0.5, 0.6) is 11.5 Å². The summed E-state index contributed by atoms with van der Waals surface area (Å²) in [7, 11) is 3.16. The van der Waals surface area contributed by atoms with Crippen molar-refractivity contribution >= 4 is 11.8 Å². The third kappa shape index (κ3) is 3.43. The first-order valence-electron chi connectivity index (χ1n) is 9.77. The van der Waals surface area contributed by atoms with E-state index in [4.69, 9.17) is 19.7 Å². The second-order valence-electron chi connectivity index (χ2n) is 7.70. The van der Waals surface area contributed by atoms with Crippen molar-refractivity contribution in [1.82, 2.24) is 10.1 Å². The van der Waals surface area contributed by atoms with Gasteiger partial charge in [-0.1, -0.05) is 5.16 Å². The van der Waals surface area contributed by atoms with E-state index in [9.17, 15) is 9.59 Å². The van der Waals surface area contributed by atoms with E-state index in [1.54, 1.807) is 20.3 Å². The maximum Gasteiger partial charge on any atom is 0.234 e. The van der Waals surface area contributed by atoms with Gasteiger partial charge in [-0.2, -0.15) is 0 Å². The summed E-state index contributed by atoms with van der Waals surface area (Å²) in [4.78, 5) is 26.4. The molecule has 2 heterocycles. The first-order chi connectivity index (χ1) is 14.0. The van der Waals surface area contributed by atoms with Crippen LogP contribution in [0.15, 0.2) is 28.8 Å². The van der Waals surface area contributed by atoms with Gasteiger partial charge >= 0.3 is 0 Å². The molecule has 0 unspecified atom stereocenters. The third-order valence-corrected chi connectivity index (χ3v) is 6.01. The van der Waals surface area contributed by atoms with E-state index >= 15 is 0 Å².